The van der Waals surface area contributed by atoms with Crippen molar-refractivity contribution in [2.24, 2.45) is 10.4 Å². The Morgan fingerprint density at radius 1 is 1.12 bits per heavy atom. The van der Waals surface area contributed by atoms with Crippen molar-refractivity contribution in [3.63, 3.8) is 0 Å². The zero-order chi connectivity index (χ0) is 18.4. The number of hydrogen-bond acceptors (Lipinski definition) is 4. The van der Waals surface area contributed by atoms with Crippen LogP contribution in [0.15, 0.2) is 4.99 Å². The van der Waals surface area contributed by atoms with Crippen molar-refractivity contribution in [1.82, 2.24) is 10.6 Å². The molecule has 0 saturated heterocycles. The molecule has 1 rings (SSSR count). The van der Waals surface area contributed by atoms with Gasteiger partial charge in [0.25, 0.3) is 5.91 Å². The minimum Gasteiger partial charge on any atom is -0.351 e. The number of amides is 1. The van der Waals surface area contributed by atoms with E-state index in [4.69, 9.17) is 0 Å². The largest absolute Gasteiger partial charge is 0.351 e. The number of nitrogens with zero attached hydrogens (tertiary/aromatic N) is 1. The number of nitrogens with one attached hydrogen (secondary N) is 2. The summed E-state index contributed by atoms with van der Waals surface area (Å²) < 4.78 is 0. The second-order valence-electron chi connectivity index (χ2n) is 8.74. The van der Waals surface area contributed by atoms with Gasteiger partial charge in [-0.1, -0.05) is 20.8 Å². The van der Waals surface area contributed by atoms with Gasteiger partial charge in [-0.15, -0.1) is 0 Å². The summed E-state index contributed by atoms with van der Waals surface area (Å²) >= 11 is 0. The Hall–Kier alpha value is -1.23. The maximum absolute atomic E-state index is 12.6. The molecule has 1 aliphatic rings. The number of rotatable bonds is 8. The molecule has 0 aromatic carbocycles. The maximum Gasteiger partial charge on any atom is 0.265 e. The molecule has 0 aromatic rings. The van der Waals surface area contributed by atoms with Gasteiger partial charge in [-0.2, -0.15) is 0 Å². The van der Waals surface area contributed by atoms with E-state index in [1.54, 1.807) is 0 Å². The molecule has 2 N–H and O–H groups in total. The number of ketones is 1. The second-order valence-corrected chi connectivity index (χ2v) is 8.74. The summed E-state index contributed by atoms with van der Waals surface area (Å²) in [6.45, 7) is 13.6. The molecule has 1 heterocycles. The summed E-state index contributed by atoms with van der Waals surface area (Å²) in [6.07, 6.45) is 4.35. The van der Waals surface area contributed by atoms with Crippen molar-refractivity contribution in [2.45, 2.75) is 85.2 Å². The summed E-state index contributed by atoms with van der Waals surface area (Å²) in [5.41, 5.74) is 0.239. The van der Waals surface area contributed by atoms with Gasteiger partial charge in [-0.3, -0.25) is 14.6 Å². The van der Waals surface area contributed by atoms with Crippen molar-refractivity contribution in [3.05, 3.63) is 0 Å². The highest BCUT2D eigenvalue weighted by atomic mass is 16.2. The molecule has 1 atom stereocenters. The van der Waals surface area contributed by atoms with Gasteiger partial charge in [0.1, 0.15) is 0 Å². The first-order chi connectivity index (χ1) is 11.0. The summed E-state index contributed by atoms with van der Waals surface area (Å²) in [5.74, 6) is 0.226. The fraction of sp³-hybridized carbons (Fsp3) is 0.842. The molecule has 1 aliphatic heterocycles. The fourth-order valence-corrected chi connectivity index (χ4v) is 2.82. The zero-order valence-electron chi connectivity index (χ0n) is 16.3. The molecule has 1 amide bonds. The van der Waals surface area contributed by atoms with Gasteiger partial charge < -0.3 is 10.6 Å². The summed E-state index contributed by atoms with van der Waals surface area (Å²) in [4.78, 5) is 28.7. The normalized spacial score (nSPS) is 16.7. The Bertz CT molecular complexity index is 470. The van der Waals surface area contributed by atoms with E-state index in [2.05, 4.69) is 36.4 Å². The number of unbranched alkanes of at least 4 members (excludes halogenated alkanes) is 1. The molecule has 1 unspecified atom stereocenters. The molecular formula is C19H35N3O2. The van der Waals surface area contributed by atoms with Crippen molar-refractivity contribution >= 4 is 17.4 Å². The molecule has 0 saturated carbocycles. The van der Waals surface area contributed by atoms with Crippen LogP contribution in [-0.4, -0.2) is 42.1 Å². The molecule has 24 heavy (non-hydrogen) atoms. The number of carbonyl (C=O) groups is 2. The summed E-state index contributed by atoms with van der Waals surface area (Å²) in [7, 11) is 0. The number of hydrogen-bond donors (Lipinski definition) is 2. The number of carbonyl (C=O) groups excluding carboxylic acids is 2. The molecule has 138 valence electrons. The van der Waals surface area contributed by atoms with E-state index in [9.17, 15) is 9.59 Å². The number of aliphatic imine (C=N–C) groups is 1. The van der Waals surface area contributed by atoms with Crippen molar-refractivity contribution in [2.75, 3.05) is 13.1 Å². The third-order valence-electron chi connectivity index (χ3n) is 4.00. The van der Waals surface area contributed by atoms with E-state index in [-0.39, 0.29) is 28.7 Å². The Morgan fingerprint density at radius 3 is 2.29 bits per heavy atom. The molecule has 0 aromatic heterocycles. The predicted octanol–water partition coefficient (Wildman–Crippen LogP) is 2.88. The van der Waals surface area contributed by atoms with Crippen molar-refractivity contribution in [1.29, 1.82) is 0 Å². The standard InChI is InChI=1S/C19H35N3O2/c1-18(2,3)16(23)14(22-19(4,5)6)10-7-8-12-21-17(24)15-11-9-13-20-15/h14,22H,7-13H2,1-6H3,(H,21,24). The predicted molar refractivity (Wildman–Crippen MR) is 99.5 cm³/mol. The third kappa shape index (κ3) is 7.56. The van der Waals surface area contributed by atoms with Gasteiger partial charge in [0.2, 0.25) is 0 Å². The van der Waals surface area contributed by atoms with E-state index < -0.39 is 0 Å². The summed E-state index contributed by atoms with van der Waals surface area (Å²) in [6, 6.07) is -0.139. The Labute approximate surface area is 147 Å². The minimum absolute atomic E-state index is 0.0253. The molecule has 5 nitrogen and oxygen atoms in total. The lowest BCUT2D eigenvalue weighted by Crippen LogP contribution is -2.50. The Balaban J connectivity index is 2.39. The van der Waals surface area contributed by atoms with Crippen LogP contribution in [-0.2, 0) is 9.59 Å². The highest BCUT2D eigenvalue weighted by molar-refractivity contribution is 6.39. The first-order valence-electron chi connectivity index (χ1n) is 9.14. The lowest BCUT2D eigenvalue weighted by atomic mass is 9.84. The molecule has 0 radical (unpaired) electrons. The topological polar surface area (TPSA) is 70.6 Å². The van der Waals surface area contributed by atoms with Gasteiger partial charge in [-0.05, 0) is 52.9 Å². The second kappa shape index (κ2) is 8.75. The zero-order valence-corrected chi connectivity index (χ0v) is 16.3. The van der Waals surface area contributed by atoms with Crippen molar-refractivity contribution in [3.8, 4) is 0 Å². The van der Waals surface area contributed by atoms with Crippen LogP contribution in [0.3, 0.4) is 0 Å². The molecule has 0 spiro atoms. The molecular weight excluding hydrogens is 302 g/mol. The summed E-state index contributed by atoms with van der Waals surface area (Å²) in [5, 5.41) is 6.38. The van der Waals surface area contributed by atoms with Gasteiger partial charge >= 0.3 is 0 Å². The van der Waals surface area contributed by atoms with E-state index in [1.807, 2.05) is 20.8 Å². The third-order valence-corrected chi connectivity index (χ3v) is 4.00. The van der Waals surface area contributed by atoms with Crippen LogP contribution in [0.4, 0.5) is 0 Å². The first kappa shape index (κ1) is 20.8. The van der Waals surface area contributed by atoms with Crippen LogP contribution in [0, 0.1) is 5.41 Å². The van der Waals surface area contributed by atoms with E-state index in [1.165, 1.54) is 0 Å². The lowest BCUT2D eigenvalue weighted by molar-refractivity contribution is -0.129. The van der Waals surface area contributed by atoms with Crippen LogP contribution < -0.4 is 10.6 Å². The van der Waals surface area contributed by atoms with Crippen LogP contribution in [0.2, 0.25) is 0 Å². The van der Waals surface area contributed by atoms with E-state index in [0.717, 1.165) is 38.6 Å². The van der Waals surface area contributed by atoms with Crippen LogP contribution in [0.1, 0.15) is 73.6 Å². The number of Topliss-reactive ketones (excluding diaryl/α,β-unsaturated/α-hetero) is 1. The monoisotopic (exact) mass is 337 g/mol. The maximum atomic E-state index is 12.6. The van der Waals surface area contributed by atoms with Crippen LogP contribution in [0.5, 0.6) is 0 Å². The molecule has 0 fully saturated rings. The average Bonchev–Trinajstić information content (AvgIpc) is 2.96. The first-order valence-corrected chi connectivity index (χ1v) is 9.14. The smallest absolute Gasteiger partial charge is 0.265 e. The molecule has 5 heteroatoms. The van der Waals surface area contributed by atoms with Crippen LogP contribution in [0.25, 0.3) is 0 Å². The average molecular weight is 338 g/mol. The fourth-order valence-electron chi connectivity index (χ4n) is 2.82. The SMILES string of the molecule is CC(C)(C)NC(CCCCNC(=O)C1=NCCC1)C(=O)C(C)(C)C. The van der Waals surface area contributed by atoms with Crippen LogP contribution >= 0.6 is 0 Å². The van der Waals surface area contributed by atoms with E-state index in [0.29, 0.717) is 12.3 Å². The lowest BCUT2D eigenvalue weighted by Gasteiger charge is -2.31. The highest BCUT2D eigenvalue weighted by Gasteiger charge is 2.31. The van der Waals surface area contributed by atoms with Crippen molar-refractivity contribution < 1.29 is 9.59 Å². The van der Waals surface area contributed by atoms with Gasteiger partial charge in [0.15, 0.2) is 5.78 Å². The van der Waals surface area contributed by atoms with Gasteiger partial charge in [0.05, 0.1) is 11.8 Å². The quantitative estimate of drug-likeness (QED) is 0.669. The minimum atomic E-state index is -0.349. The van der Waals surface area contributed by atoms with Gasteiger partial charge in [-0.25, -0.2) is 0 Å². The highest BCUT2D eigenvalue weighted by Crippen LogP contribution is 2.21. The molecule has 0 bridgehead atoms. The Morgan fingerprint density at radius 2 is 1.79 bits per heavy atom. The molecule has 0 aliphatic carbocycles. The Kier molecular flexibility index (Phi) is 7.58. The van der Waals surface area contributed by atoms with E-state index >= 15 is 0 Å². The van der Waals surface area contributed by atoms with Gasteiger partial charge in [0, 0.05) is 24.0 Å².